The fourth-order valence-electron chi connectivity index (χ4n) is 4.20. The van der Waals surface area contributed by atoms with Gasteiger partial charge in [0.1, 0.15) is 5.52 Å². The topological polar surface area (TPSA) is 139 Å². The van der Waals surface area contributed by atoms with E-state index in [0.29, 0.717) is 34.6 Å². The van der Waals surface area contributed by atoms with Crippen LogP contribution >= 0.6 is 0 Å². The second-order valence-electron chi connectivity index (χ2n) is 8.88. The van der Waals surface area contributed by atoms with Gasteiger partial charge in [-0.3, -0.25) is 4.79 Å². The highest BCUT2D eigenvalue weighted by molar-refractivity contribution is 5.86. The van der Waals surface area contributed by atoms with Crippen LogP contribution in [0.3, 0.4) is 0 Å². The summed E-state index contributed by atoms with van der Waals surface area (Å²) in [5, 5.41) is 14.6. The van der Waals surface area contributed by atoms with Crippen LogP contribution < -0.4 is 21.3 Å². The summed E-state index contributed by atoms with van der Waals surface area (Å²) in [4.78, 5) is 26.8. The van der Waals surface area contributed by atoms with Crippen LogP contribution in [-0.2, 0) is 4.79 Å². The number of anilines is 5. The third-order valence-corrected chi connectivity index (χ3v) is 6.07. The minimum absolute atomic E-state index is 0.151. The molecule has 11 nitrogen and oxygen atoms in total. The van der Waals surface area contributed by atoms with E-state index in [4.69, 9.17) is 5.73 Å². The molecule has 2 aromatic carbocycles. The van der Waals surface area contributed by atoms with Gasteiger partial charge >= 0.3 is 0 Å². The molecule has 0 bridgehead atoms. The number of nitrogens with one attached hydrogen (secondary N) is 2. The Bertz CT molecular complexity index is 1400. The SMILES string of the molecule is CC(C)n1cnc2c(N)nc(Nc3cc(N=Nc4ccc(N5CCCC5)cc4)ccc3NC=O)nc21. The molecule has 1 amide bonds. The quantitative estimate of drug-likeness (QED) is 0.227. The fourth-order valence-corrected chi connectivity index (χ4v) is 4.20. The van der Waals surface area contributed by atoms with Crippen molar-refractivity contribution in [3.8, 4) is 0 Å². The summed E-state index contributed by atoms with van der Waals surface area (Å²) in [7, 11) is 0. The summed E-state index contributed by atoms with van der Waals surface area (Å²) in [6.45, 7) is 6.26. The smallest absolute Gasteiger partial charge is 0.231 e. The minimum Gasteiger partial charge on any atom is -0.382 e. The maximum absolute atomic E-state index is 11.2. The van der Waals surface area contributed by atoms with E-state index < -0.39 is 0 Å². The zero-order valence-electron chi connectivity index (χ0n) is 20.2. The van der Waals surface area contributed by atoms with Crippen molar-refractivity contribution in [3.05, 3.63) is 48.8 Å². The fraction of sp³-hybridized carbons (Fsp3) is 0.280. The third-order valence-electron chi connectivity index (χ3n) is 6.07. The lowest BCUT2D eigenvalue weighted by Crippen LogP contribution is -2.17. The first-order chi connectivity index (χ1) is 17.5. The lowest BCUT2D eigenvalue weighted by molar-refractivity contribution is -0.105. The van der Waals surface area contributed by atoms with Crippen molar-refractivity contribution in [2.45, 2.75) is 32.7 Å². The number of benzene rings is 2. The van der Waals surface area contributed by atoms with E-state index in [9.17, 15) is 4.79 Å². The van der Waals surface area contributed by atoms with Gasteiger partial charge < -0.3 is 25.8 Å². The molecule has 3 heterocycles. The van der Waals surface area contributed by atoms with Crippen molar-refractivity contribution >= 4 is 57.8 Å². The van der Waals surface area contributed by atoms with Gasteiger partial charge in [0.25, 0.3) is 0 Å². The summed E-state index contributed by atoms with van der Waals surface area (Å²) in [6, 6.07) is 13.5. The zero-order valence-corrected chi connectivity index (χ0v) is 20.2. The van der Waals surface area contributed by atoms with Crippen molar-refractivity contribution in [1.82, 2.24) is 19.5 Å². The zero-order chi connectivity index (χ0) is 25.1. The molecule has 5 rings (SSSR count). The molecule has 0 unspecified atom stereocenters. The van der Waals surface area contributed by atoms with Gasteiger partial charge in [0.15, 0.2) is 11.5 Å². The molecule has 4 N–H and O–H groups in total. The third kappa shape index (κ3) is 4.81. The first kappa shape index (κ1) is 23.2. The Morgan fingerprint density at radius 1 is 1.00 bits per heavy atom. The van der Waals surface area contributed by atoms with E-state index in [1.165, 1.54) is 18.5 Å². The number of fused-ring (bicyclic) bond motifs is 1. The number of nitrogens with zero attached hydrogens (tertiary/aromatic N) is 7. The molecule has 1 saturated heterocycles. The van der Waals surface area contributed by atoms with Crippen molar-refractivity contribution in [2.75, 3.05) is 34.4 Å². The predicted octanol–water partition coefficient (Wildman–Crippen LogP) is 5.32. The average Bonchev–Trinajstić information content (AvgIpc) is 3.55. The second-order valence-corrected chi connectivity index (χ2v) is 8.88. The summed E-state index contributed by atoms with van der Waals surface area (Å²) >= 11 is 0. The van der Waals surface area contributed by atoms with E-state index >= 15 is 0 Å². The number of carbonyl (C=O) groups excluding carboxylic acids is 1. The number of amides is 1. The van der Waals surface area contributed by atoms with Crippen LogP contribution in [0.1, 0.15) is 32.7 Å². The Balaban J connectivity index is 1.40. The summed E-state index contributed by atoms with van der Waals surface area (Å²) < 4.78 is 1.92. The van der Waals surface area contributed by atoms with Crippen LogP contribution in [0.5, 0.6) is 0 Å². The number of rotatable bonds is 8. The largest absolute Gasteiger partial charge is 0.382 e. The summed E-state index contributed by atoms with van der Waals surface area (Å²) in [5.41, 5.74) is 11.0. The Hall–Kier alpha value is -4.54. The Kier molecular flexibility index (Phi) is 6.44. The highest BCUT2D eigenvalue weighted by Gasteiger charge is 2.15. The van der Waals surface area contributed by atoms with Crippen molar-refractivity contribution in [3.63, 3.8) is 0 Å². The van der Waals surface area contributed by atoms with E-state index in [1.54, 1.807) is 24.5 Å². The first-order valence-corrected chi connectivity index (χ1v) is 11.9. The van der Waals surface area contributed by atoms with Gasteiger partial charge in [0.05, 0.1) is 29.1 Å². The molecular weight excluding hydrogens is 456 g/mol. The maximum atomic E-state index is 11.2. The van der Waals surface area contributed by atoms with E-state index in [1.807, 2.05) is 30.5 Å². The van der Waals surface area contributed by atoms with Gasteiger partial charge in [-0.05, 0) is 69.2 Å². The number of hydrogen-bond donors (Lipinski definition) is 3. The number of nitrogen functional groups attached to an aromatic ring is 1. The van der Waals surface area contributed by atoms with E-state index in [2.05, 4.69) is 52.8 Å². The molecule has 4 aromatic rings. The Morgan fingerprint density at radius 3 is 2.44 bits per heavy atom. The molecule has 184 valence electrons. The second kappa shape index (κ2) is 9.98. The van der Waals surface area contributed by atoms with Gasteiger partial charge in [-0.2, -0.15) is 20.2 Å². The van der Waals surface area contributed by atoms with Gasteiger partial charge in [-0.25, -0.2) is 4.98 Å². The molecule has 2 aromatic heterocycles. The molecule has 1 aliphatic heterocycles. The van der Waals surface area contributed by atoms with Crippen LogP contribution in [0.2, 0.25) is 0 Å². The van der Waals surface area contributed by atoms with Crippen LogP contribution in [0.4, 0.5) is 40.2 Å². The van der Waals surface area contributed by atoms with Crippen LogP contribution in [0, 0.1) is 0 Å². The average molecular weight is 485 g/mol. The van der Waals surface area contributed by atoms with Crippen molar-refractivity contribution < 1.29 is 4.79 Å². The molecule has 0 saturated carbocycles. The van der Waals surface area contributed by atoms with Crippen LogP contribution in [-0.4, -0.2) is 39.0 Å². The summed E-state index contributed by atoms with van der Waals surface area (Å²) in [5.74, 6) is 0.544. The standard InChI is InChI=1S/C25H28N10O/c1-16(2)35-14-27-22-23(26)30-25(31-24(22)35)29-21-13-18(7-10-20(21)28-15-36)33-32-17-5-8-19(9-6-17)34-11-3-4-12-34/h5-10,13-16H,3-4,11-12H2,1-2H3,(H,28,36)(H3,26,29,30,31). The highest BCUT2D eigenvalue weighted by atomic mass is 16.1. The number of aromatic nitrogens is 4. The molecule has 36 heavy (non-hydrogen) atoms. The highest BCUT2D eigenvalue weighted by Crippen LogP contribution is 2.31. The number of imidazole rings is 1. The van der Waals surface area contributed by atoms with E-state index in [-0.39, 0.29) is 17.8 Å². The van der Waals surface area contributed by atoms with Crippen molar-refractivity contribution in [2.24, 2.45) is 10.2 Å². The van der Waals surface area contributed by atoms with Crippen molar-refractivity contribution in [1.29, 1.82) is 0 Å². The number of azo groups is 1. The maximum Gasteiger partial charge on any atom is 0.231 e. The summed E-state index contributed by atoms with van der Waals surface area (Å²) in [6.07, 6.45) is 4.78. The Morgan fingerprint density at radius 2 is 1.72 bits per heavy atom. The number of nitrogens with two attached hydrogens (primary N) is 1. The Labute approximate surface area is 208 Å². The molecule has 1 aliphatic rings. The number of carbonyl (C=O) groups is 1. The number of hydrogen-bond acceptors (Lipinski definition) is 9. The molecule has 11 heteroatoms. The minimum atomic E-state index is 0.151. The van der Waals surface area contributed by atoms with Crippen LogP contribution in [0.15, 0.2) is 59.0 Å². The molecule has 1 fully saturated rings. The molecular formula is C25H28N10O. The predicted molar refractivity (Wildman–Crippen MR) is 142 cm³/mol. The lowest BCUT2D eigenvalue weighted by atomic mass is 10.2. The van der Waals surface area contributed by atoms with Gasteiger partial charge in [0.2, 0.25) is 12.4 Å². The molecule has 0 spiro atoms. The van der Waals surface area contributed by atoms with Gasteiger partial charge in [0, 0.05) is 24.8 Å². The molecule has 0 radical (unpaired) electrons. The lowest BCUT2D eigenvalue weighted by Gasteiger charge is -2.17. The first-order valence-electron chi connectivity index (χ1n) is 11.9. The normalized spacial score (nSPS) is 13.7. The molecule has 0 aliphatic carbocycles. The van der Waals surface area contributed by atoms with Gasteiger partial charge in [-0.1, -0.05) is 0 Å². The van der Waals surface area contributed by atoms with E-state index in [0.717, 1.165) is 18.8 Å². The monoisotopic (exact) mass is 484 g/mol. The molecule has 0 atom stereocenters. The van der Waals surface area contributed by atoms with Gasteiger partial charge in [-0.15, -0.1) is 0 Å². The van der Waals surface area contributed by atoms with Crippen LogP contribution in [0.25, 0.3) is 11.2 Å².